The first kappa shape index (κ1) is 12.4. The van der Waals surface area contributed by atoms with E-state index in [-0.39, 0.29) is 0 Å². The largest absolute Gasteiger partial charge is 0.481 e. The van der Waals surface area contributed by atoms with Gasteiger partial charge >= 0.3 is 5.97 Å². The molecule has 0 saturated heterocycles. The standard InChI is InChI=1S/C10H21NO2/c1-4-5-6-7-8(9(12)13)10(2,3)11/h8H,4-7,11H2,1-3H3,(H,12,13). The minimum absolute atomic E-state index is 0.418. The van der Waals surface area contributed by atoms with Gasteiger partial charge in [-0.2, -0.15) is 0 Å². The lowest BCUT2D eigenvalue weighted by Crippen LogP contribution is -2.44. The van der Waals surface area contributed by atoms with Crippen LogP contribution >= 0.6 is 0 Å². The van der Waals surface area contributed by atoms with Gasteiger partial charge in [-0.05, 0) is 20.3 Å². The summed E-state index contributed by atoms with van der Waals surface area (Å²) in [4.78, 5) is 10.9. The van der Waals surface area contributed by atoms with Gasteiger partial charge in [0, 0.05) is 5.54 Å². The number of aliphatic carboxylic acids is 1. The van der Waals surface area contributed by atoms with Crippen molar-refractivity contribution in [2.24, 2.45) is 11.7 Å². The Hall–Kier alpha value is -0.570. The lowest BCUT2D eigenvalue weighted by molar-refractivity contribution is -0.144. The van der Waals surface area contributed by atoms with Crippen molar-refractivity contribution in [1.29, 1.82) is 0 Å². The average molecular weight is 187 g/mol. The number of unbranched alkanes of at least 4 members (excludes halogenated alkanes) is 2. The molecule has 0 aliphatic heterocycles. The predicted molar refractivity (Wildman–Crippen MR) is 53.5 cm³/mol. The highest BCUT2D eigenvalue weighted by Crippen LogP contribution is 2.20. The number of nitrogens with two attached hydrogens (primary N) is 1. The van der Waals surface area contributed by atoms with Crippen LogP contribution < -0.4 is 5.73 Å². The Morgan fingerprint density at radius 1 is 1.46 bits per heavy atom. The van der Waals surface area contributed by atoms with Gasteiger partial charge in [-0.1, -0.05) is 26.2 Å². The fourth-order valence-electron chi connectivity index (χ4n) is 1.41. The highest BCUT2D eigenvalue weighted by atomic mass is 16.4. The highest BCUT2D eigenvalue weighted by molar-refractivity contribution is 5.71. The molecule has 1 atom stereocenters. The molecular weight excluding hydrogens is 166 g/mol. The van der Waals surface area contributed by atoms with Crippen molar-refractivity contribution in [3.63, 3.8) is 0 Å². The molecule has 0 heterocycles. The van der Waals surface area contributed by atoms with Crippen molar-refractivity contribution in [3.8, 4) is 0 Å². The van der Waals surface area contributed by atoms with E-state index in [1.807, 2.05) is 0 Å². The predicted octanol–water partition coefficient (Wildman–Crippen LogP) is 2.00. The van der Waals surface area contributed by atoms with Gasteiger partial charge < -0.3 is 10.8 Å². The molecular formula is C10H21NO2. The summed E-state index contributed by atoms with van der Waals surface area (Å²) in [5.41, 5.74) is 5.17. The number of hydrogen-bond acceptors (Lipinski definition) is 2. The van der Waals surface area contributed by atoms with E-state index in [1.165, 1.54) is 0 Å². The van der Waals surface area contributed by atoms with E-state index in [0.717, 1.165) is 19.3 Å². The van der Waals surface area contributed by atoms with Gasteiger partial charge in [-0.25, -0.2) is 0 Å². The Labute approximate surface area is 80.3 Å². The molecule has 0 aliphatic carbocycles. The van der Waals surface area contributed by atoms with Crippen LogP contribution in [0.5, 0.6) is 0 Å². The van der Waals surface area contributed by atoms with E-state index in [4.69, 9.17) is 10.8 Å². The first-order valence-electron chi connectivity index (χ1n) is 4.91. The number of carboxylic acids is 1. The molecule has 0 fully saturated rings. The maximum absolute atomic E-state index is 10.9. The average Bonchev–Trinajstić information content (AvgIpc) is 1.94. The molecule has 3 nitrogen and oxygen atoms in total. The lowest BCUT2D eigenvalue weighted by Gasteiger charge is -2.26. The maximum Gasteiger partial charge on any atom is 0.308 e. The first-order valence-corrected chi connectivity index (χ1v) is 4.91. The van der Waals surface area contributed by atoms with Crippen LogP contribution in [0.2, 0.25) is 0 Å². The Morgan fingerprint density at radius 3 is 2.31 bits per heavy atom. The summed E-state index contributed by atoms with van der Waals surface area (Å²) < 4.78 is 0. The fraction of sp³-hybridized carbons (Fsp3) is 0.900. The van der Waals surface area contributed by atoms with Crippen LogP contribution in [0.25, 0.3) is 0 Å². The van der Waals surface area contributed by atoms with Gasteiger partial charge in [0.25, 0.3) is 0 Å². The smallest absolute Gasteiger partial charge is 0.308 e. The summed E-state index contributed by atoms with van der Waals surface area (Å²) in [6.45, 7) is 5.65. The zero-order chi connectivity index (χ0) is 10.5. The van der Waals surface area contributed by atoms with Crippen molar-refractivity contribution in [1.82, 2.24) is 0 Å². The molecule has 0 aromatic heterocycles. The normalized spacial score (nSPS) is 14.2. The van der Waals surface area contributed by atoms with Gasteiger partial charge in [0.05, 0.1) is 5.92 Å². The molecule has 3 N–H and O–H groups in total. The molecule has 0 bridgehead atoms. The lowest BCUT2D eigenvalue weighted by atomic mass is 9.84. The van der Waals surface area contributed by atoms with Crippen LogP contribution in [0.4, 0.5) is 0 Å². The molecule has 0 radical (unpaired) electrons. The summed E-state index contributed by atoms with van der Waals surface area (Å²) in [7, 11) is 0. The van der Waals surface area contributed by atoms with Gasteiger partial charge in [0.1, 0.15) is 0 Å². The summed E-state index contributed by atoms with van der Waals surface area (Å²) in [6.07, 6.45) is 3.83. The fourth-order valence-corrected chi connectivity index (χ4v) is 1.41. The second-order valence-electron chi connectivity index (χ2n) is 4.21. The van der Waals surface area contributed by atoms with E-state index in [0.29, 0.717) is 6.42 Å². The maximum atomic E-state index is 10.9. The van der Waals surface area contributed by atoms with Crippen LogP contribution in [0.1, 0.15) is 46.5 Å². The van der Waals surface area contributed by atoms with E-state index in [1.54, 1.807) is 13.8 Å². The van der Waals surface area contributed by atoms with Crippen LogP contribution in [0.3, 0.4) is 0 Å². The van der Waals surface area contributed by atoms with E-state index in [9.17, 15) is 4.79 Å². The topological polar surface area (TPSA) is 63.3 Å². The summed E-state index contributed by atoms with van der Waals surface area (Å²) in [6, 6.07) is 0. The van der Waals surface area contributed by atoms with E-state index >= 15 is 0 Å². The SMILES string of the molecule is CCCCCC(C(=O)O)C(C)(C)N. The van der Waals surface area contributed by atoms with Gasteiger partial charge in [-0.3, -0.25) is 4.79 Å². The Balaban J connectivity index is 4.04. The third-order valence-corrected chi connectivity index (χ3v) is 2.29. The molecule has 0 aliphatic rings. The number of rotatable bonds is 6. The first-order chi connectivity index (χ1) is 5.89. The summed E-state index contributed by atoms with van der Waals surface area (Å²) >= 11 is 0. The molecule has 0 spiro atoms. The highest BCUT2D eigenvalue weighted by Gasteiger charge is 2.30. The molecule has 78 valence electrons. The number of hydrogen-bond donors (Lipinski definition) is 2. The second-order valence-corrected chi connectivity index (χ2v) is 4.21. The van der Waals surface area contributed by atoms with Crippen LogP contribution in [-0.2, 0) is 4.79 Å². The zero-order valence-corrected chi connectivity index (χ0v) is 8.84. The molecule has 1 unspecified atom stereocenters. The Kier molecular flexibility index (Phi) is 4.99. The third kappa shape index (κ3) is 4.88. The van der Waals surface area contributed by atoms with Crippen molar-refractivity contribution < 1.29 is 9.90 Å². The minimum atomic E-state index is -0.774. The summed E-state index contributed by atoms with van der Waals surface area (Å²) in [5, 5.41) is 8.93. The summed E-state index contributed by atoms with van der Waals surface area (Å²) in [5.74, 6) is -1.19. The molecule has 0 aromatic carbocycles. The molecule has 0 amide bonds. The van der Waals surface area contributed by atoms with Gasteiger partial charge in [0.2, 0.25) is 0 Å². The van der Waals surface area contributed by atoms with Crippen LogP contribution in [0.15, 0.2) is 0 Å². The van der Waals surface area contributed by atoms with Crippen molar-refractivity contribution in [2.75, 3.05) is 0 Å². The Bertz CT molecular complexity index is 161. The van der Waals surface area contributed by atoms with Crippen LogP contribution in [0, 0.1) is 5.92 Å². The second kappa shape index (κ2) is 5.22. The van der Waals surface area contributed by atoms with E-state index < -0.39 is 17.4 Å². The van der Waals surface area contributed by atoms with Crippen molar-refractivity contribution >= 4 is 5.97 Å². The monoisotopic (exact) mass is 187 g/mol. The van der Waals surface area contributed by atoms with Crippen molar-refractivity contribution in [3.05, 3.63) is 0 Å². The molecule has 0 rings (SSSR count). The molecule has 13 heavy (non-hydrogen) atoms. The number of carbonyl (C=O) groups is 1. The molecule has 0 saturated carbocycles. The zero-order valence-electron chi connectivity index (χ0n) is 8.84. The molecule has 3 heteroatoms. The minimum Gasteiger partial charge on any atom is -0.481 e. The molecule has 0 aromatic rings. The third-order valence-electron chi connectivity index (χ3n) is 2.29. The Morgan fingerprint density at radius 2 is 2.00 bits per heavy atom. The quantitative estimate of drug-likeness (QED) is 0.625. The number of carboxylic acid groups (broad SMARTS) is 1. The van der Waals surface area contributed by atoms with E-state index in [2.05, 4.69) is 6.92 Å². The van der Waals surface area contributed by atoms with Crippen molar-refractivity contribution in [2.45, 2.75) is 52.0 Å². The van der Waals surface area contributed by atoms with Gasteiger partial charge in [0.15, 0.2) is 0 Å². The van der Waals surface area contributed by atoms with Crippen LogP contribution in [-0.4, -0.2) is 16.6 Å². The van der Waals surface area contributed by atoms with Gasteiger partial charge in [-0.15, -0.1) is 0 Å².